The van der Waals surface area contributed by atoms with Crippen molar-refractivity contribution in [2.24, 2.45) is 0 Å². The highest BCUT2D eigenvalue weighted by Crippen LogP contribution is 2.19. The van der Waals surface area contributed by atoms with Crippen LogP contribution in [0, 0.1) is 0 Å². The number of fused-ring (bicyclic) bond motifs is 2. The largest absolute Gasteiger partial charge is 0.491 e. The third kappa shape index (κ3) is 4.82. The number of aromatic nitrogens is 2. The molecule has 0 aliphatic carbocycles. The van der Waals surface area contributed by atoms with Crippen LogP contribution < -0.4 is 10.3 Å². The number of carboxylic acid groups (broad SMARTS) is 1. The van der Waals surface area contributed by atoms with E-state index in [0.717, 1.165) is 0 Å². The van der Waals surface area contributed by atoms with Crippen molar-refractivity contribution in [2.75, 3.05) is 0 Å². The maximum absolute atomic E-state index is 12.6. The second kappa shape index (κ2) is 9.19. The number of aliphatic hydroxyl groups is 1. The third-order valence-electron chi connectivity index (χ3n) is 4.22. The van der Waals surface area contributed by atoms with Gasteiger partial charge in [-0.1, -0.05) is 24.3 Å². The van der Waals surface area contributed by atoms with Crippen LogP contribution in [-0.4, -0.2) is 31.7 Å². The summed E-state index contributed by atoms with van der Waals surface area (Å²) < 4.78 is 7.07. The molecule has 0 atom stereocenters. The van der Waals surface area contributed by atoms with E-state index in [2.05, 4.69) is 4.98 Å². The summed E-state index contributed by atoms with van der Waals surface area (Å²) >= 11 is 0. The smallest absolute Gasteiger partial charge is 0.335 e. The zero-order chi connectivity index (χ0) is 21.7. The van der Waals surface area contributed by atoms with Gasteiger partial charge in [-0.05, 0) is 55.8 Å². The van der Waals surface area contributed by atoms with Crippen LogP contribution in [0.1, 0.15) is 29.8 Å². The Labute approximate surface area is 172 Å². The summed E-state index contributed by atoms with van der Waals surface area (Å²) in [5.41, 5.74) is 2.02. The van der Waals surface area contributed by atoms with Gasteiger partial charge in [0, 0.05) is 6.20 Å². The highest BCUT2D eigenvalue weighted by Gasteiger charge is 2.08. The number of hydrogen-bond acceptors (Lipinski definition) is 5. The zero-order valence-corrected chi connectivity index (χ0v) is 16.6. The summed E-state index contributed by atoms with van der Waals surface area (Å²) in [5.74, 6) is -0.231. The van der Waals surface area contributed by atoms with Gasteiger partial charge >= 0.3 is 5.97 Å². The highest BCUT2D eigenvalue weighted by molar-refractivity contribution is 5.87. The number of aromatic carboxylic acids is 1. The van der Waals surface area contributed by atoms with Crippen LogP contribution in [0.15, 0.2) is 71.7 Å². The van der Waals surface area contributed by atoms with Gasteiger partial charge in [0.25, 0.3) is 5.56 Å². The Morgan fingerprint density at radius 3 is 2.43 bits per heavy atom. The average molecular weight is 406 g/mol. The molecule has 7 heteroatoms. The van der Waals surface area contributed by atoms with E-state index < -0.39 is 5.97 Å². The van der Waals surface area contributed by atoms with Gasteiger partial charge in [0.05, 0.1) is 29.2 Å². The van der Waals surface area contributed by atoms with Crippen LogP contribution in [0.25, 0.3) is 16.6 Å². The first kappa shape index (κ1) is 21.0. The molecule has 2 aromatic heterocycles. The summed E-state index contributed by atoms with van der Waals surface area (Å²) in [7, 11) is 0. The van der Waals surface area contributed by atoms with Crippen molar-refractivity contribution in [1.82, 2.24) is 9.38 Å². The molecule has 0 saturated heterocycles. The Morgan fingerprint density at radius 2 is 1.83 bits per heavy atom. The van der Waals surface area contributed by atoms with Gasteiger partial charge in [-0.15, -0.1) is 0 Å². The van der Waals surface area contributed by atoms with Crippen molar-refractivity contribution in [2.45, 2.75) is 26.6 Å². The minimum Gasteiger partial charge on any atom is -0.491 e. The standard InChI is InChI=1S/C16H16N2O3.C7H6O2/c1-10(2)21-12-4-5-14-13(7-12)16(20)18-8-11(9-19)3-6-15(18)17-14;8-7(9)6-4-2-1-3-5-6/h3-8,10,19H,9H2,1-2H3;1-5H,(H,8,9). The number of pyridine rings is 1. The second-order valence-electron chi connectivity index (χ2n) is 6.86. The van der Waals surface area contributed by atoms with Crippen LogP contribution in [0.4, 0.5) is 0 Å². The Bertz CT molecular complexity index is 1230. The number of benzene rings is 2. The molecule has 7 nitrogen and oxygen atoms in total. The van der Waals surface area contributed by atoms with Gasteiger partial charge in [0.2, 0.25) is 0 Å². The van der Waals surface area contributed by atoms with Gasteiger partial charge in [-0.3, -0.25) is 9.20 Å². The third-order valence-corrected chi connectivity index (χ3v) is 4.22. The molecule has 4 rings (SSSR count). The fourth-order valence-electron chi connectivity index (χ4n) is 2.85. The van der Waals surface area contributed by atoms with E-state index in [4.69, 9.17) is 9.84 Å². The van der Waals surface area contributed by atoms with E-state index in [0.29, 0.717) is 33.4 Å². The molecule has 0 spiro atoms. The summed E-state index contributed by atoms with van der Waals surface area (Å²) in [6.07, 6.45) is 1.65. The minimum absolute atomic E-state index is 0.0413. The van der Waals surface area contributed by atoms with Crippen LogP contribution >= 0.6 is 0 Å². The van der Waals surface area contributed by atoms with Gasteiger partial charge in [-0.25, -0.2) is 9.78 Å². The lowest BCUT2D eigenvalue weighted by molar-refractivity contribution is 0.0697. The Morgan fingerprint density at radius 1 is 1.10 bits per heavy atom. The van der Waals surface area contributed by atoms with Gasteiger partial charge < -0.3 is 14.9 Å². The molecule has 0 aliphatic rings. The zero-order valence-electron chi connectivity index (χ0n) is 16.6. The normalized spacial score (nSPS) is 10.7. The first-order chi connectivity index (χ1) is 14.4. The monoisotopic (exact) mass is 406 g/mol. The lowest BCUT2D eigenvalue weighted by Crippen LogP contribution is -2.16. The lowest BCUT2D eigenvalue weighted by Gasteiger charge is -2.10. The Balaban J connectivity index is 0.000000239. The molecule has 4 aromatic rings. The van der Waals surface area contributed by atoms with Crippen molar-refractivity contribution in [3.8, 4) is 5.75 Å². The number of carbonyl (C=O) groups is 1. The fraction of sp³-hybridized carbons (Fsp3) is 0.174. The first-order valence-electron chi connectivity index (χ1n) is 9.40. The number of aliphatic hydroxyl groups excluding tert-OH is 1. The van der Waals surface area contributed by atoms with Crippen LogP contribution in [-0.2, 0) is 6.61 Å². The molecule has 2 N–H and O–H groups in total. The number of hydrogen-bond donors (Lipinski definition) is 2. The van der Waals surface area contributed by atoms with Gasteiger partial charge in [0.15, 0.2) is 0 Å². The number of nitrogens with zero attached hydrogens (tertiary/aromatic N) is 2. The predicted molar refractivity (Wildman–Crippen MR) is 114 cm³/mol. The minimum atomic E-state index is -0.879. The molecule has 0 bridgehead atoms. The highest BCUT2D eigenvalue weighted by atomic mass is 16.5. The fourth-order valence-corrected chi connectivity index (χ4v) is 2.85. The summed E-state index contributed by atoms with van der Waals surface area (Å²) in [4.78, 5) is 27.2. The maximum atomic E-state index is 12.6. The van der Waals surface area contributed by atoms with E-state index in [1.165, 1.54) is 4.40 Å². The molecule has 2 aromatic carbocycles. The van der Waals surface area contributed by atoms with Gasteiger partial charge in [0.1, 0.15) is 11.4 Å². The Hall–Kier alpha value is -3.71. The van der Waals surface area contributed by atoms with Crippen LogP contribution in [0.3, 0.4) is 0 Å². The average Bonchev–Trinajstić information content (AvgIpc) is 2.75. The van der Waals surface area contributed by atoms with Gasteiger partial charge in [-0.2, -0.15) is 0 Å². The molecular weight excluding hydrogens is 384 g/mol. The van der Waals surface area contributed by atoms with E-state index in [1.807, 2.05) is 19.9 Å². The quantitative estimate of drug-likeness (QED) is 0.503. The second-order valence-corrected chi connectivity index (χ2v) is 6.86. The van der Waals surface area contributed by atoms with Crippen molar-refractivity contribution < 1.29 is 19.7 Å². The number of ether oxygens (including phenoxy) is 1. The molecular formula is C23H22N2O5. The number of carboxylic acids is 1. The van der Waals surface area contributed by atoms with E-state index in [1.54, 1.807) is 60.8 Å². The summed E-state index contributed by atoms with van der Waals surface area (Å²) in [6, 6.07) is 17.1. The topological polar surface area (TPSA) is 101 Å². The van der Waals surface area contributed by atoms with Crippen molar-refractivity contribution >= 4 is 22.5 Å². The molecule has 0 saturated carbocycles. The molecule has 2 heterocycles. The van der Waals surface area contributed by atoms with Crippen molar-refractivity contribution in [1.29, 1.82) is 0 Å². The van der Waals surface area contributed by atoms with Crippen molar-refractivity contribution in [3.63, 3.8) is 0 Å². The lowest BCUT2D eigenvalue weighted by atomic mass is 10.2. The van der Waals surface area contributed by atoms with E-state index >= 15 is 0 Å². The Kier molecular flexibility index (Phi) is 6.44. The summed E-state index contributed by atoms with van der Waals surface area (Å²) in [6.45, 7) is 3.75. The first-order valence-corrected chi connectivity index (χ1v) is 9.40. The summed E-state index contributed by atoms with van der Waals surface area (Å²) in [5, 5.41) is 18.1. The molecule has 0 aliphatic heterocycles. The van der Waals surface area contributed by atoms with Crippen LogP contribution in [0.2, 0.25) is 0 Å². The van der Waals surface area contributed by atoms with Crippen molar-refractivity contribution in [3.05, 3.63) is 88.3 Å². The SMILES string of the molecule is CC(C)Oc1ccc2nc3ccc(CO)cn3c(=O)c2c1.O=C(O)c1ccccc1. The molecule has 30 heavy (non-hydrogen) atoms. The molecule has 0 fully saturated rings. The molecule has 0 amide bonds. The van der Waals surface area contributed by atoms with Crippen LogP contribution in [0.5, 0.6) is 5.75 Å². The molecule has 154 valence electrons. The van der Waals surface area contributed by atoms with E-state index in [9.17, 15) is 14.7 Å². The predicted octanol–water partition coefficient (Wildman–Crippen LogP) is 3.51. The maximum Gasteiger partial charge on any atom is 0.335 e. The van der Waals surface area contributed by atoms with E-state index in [-0.39, 0.29) is 18.3 Å². The number of rotatable bonds is 4. The molecule has 0 unspecified atom stereocenters. The molecule has 0 radical (unpaired) electrons.